The number of fused-ring (bicyclic) bond motifs is 2. The summed E-state index contributed by atoms with van der Waals surface area (Å²) in [4.78, 5) is 0. The second-order valence-electron chi connectivity index (χ2n) is 9.85. The third-order valence-corrected chi connectivity index (χ3v) is 49.5. The third-order valence-electron chi connectivity index (χ3n) is 8.11. The third kappa shape index (κ3) is 2.62. The predicted molar refractivity (Wildman–Crippen MR) is 106 cm³/mol. The summed E-state index contributed by atoms with van der Waals surface area (Å²) >= 11 is -2.32. The molecule has 2 fully saturated rings. The first-order valence-corrected chi connectivity index (χ1v) is 22.6. The monoisotopic (exact) mass is 416 g/mol. The molecule has 4 aliphatic rings. The van der Waals surface area contributed by atoms with Crippen molar-refractivity contribution >= 4 is 5.20 Å². The molecule has 0 aromatic carbocycles. The Labute approximate surface area is 153 Å². The van der Waals surface area contributed by atoms with E-state index in [0.717, 1.165) is 19.1 Å². The minimum atomic E-state index is -2.32. The molecule has 4 aliphatic carbocycles. The van der Waals surface area contributed by atoms with E-state index in [9.17, 15) is 0 Å². The van der Waals surface area contributed by atoms with Crippen LogP contribution in [0.25, 0.3) is 0 Å². The maximum atomic E-state index is 2.92. The molecule has 0 nitrogen and oxygen atoms in total. The van der Waals surface area contributed by atoms with Gasteiger partial charge in [0.15, 0.2) is 0 Å². The Morgan fingerprint density at radius 3 is 1.67 bits per heavy atom. The van der Waals surface area contributed by atoms with Gasteiger partial charge in [-0.2, -0.15) is 0 Å². The molecule has 0 radical (unpaired) electrons. The van der Waals surface area contributed by atoms with Crippen molar-refractivity contribution in [1.82, 2.24) is 0 Å². The Hall–Kier alpha value is 0.0600. The van der Waals surface area contributed by atoms with Crippen molar-refractivity contribution < 1.29 is 19.4 Å². The van der Waals surface area contributed by atoms with Crippen LogP contribution in [-0.2, 0) is 19.4 Å². The molecule has 4 unspecified atom stereocenters. The molecule has 0 spiro atoms. The van der Waals surface area contributed by atoms with Crippen LogP contribution in [0, 0.1) is 11.8 Å². The normalized spacial score (nSPS) is 37.5. The first-order valence-electron chi connectivity index (χ1n) is 10.2. The van der Waals surface area contributed by atoms with E-state index in [1.165, 1.54) is 38.5 Å². The molecule has 2 saturated carbocycles. The van der Waals surface area contributed by atoms with Gasteiger partial charge in [-0.15, -0.1) is 0 Å². The van der Waals surface area contributed by atoms with Gasteiger partial charge in [-0.3, -0.25) is 0 Å². The molecule has 2 heteroatoms. The van der Waals surface area contributed by atoms with Gasteiger partial charge in [-0.05, 0) is 0 Å². The number of allylic oxidation sites excluding steroid dienone is 8. The average molecular weight is 418 g/mol. The molecule has 0 aromatic heterocycles. The van der Waals surface area contributed by atoms with E-state index in [1.807, 2.05) is 11.1 Å². The van der Waals surface area contributed by atoms with Gasteiger partial charge in [0.2, 0.25) is 0 Å². The summed E-state index contributed by atoms with van der Waals surface area (Å²) in [5.41, 5.74) is 3.82. The van der Waals surface area contributed by atoms with Gasteiger partial charge in [-0.1, -0.05) is 0 Å². The molecule has 24 heavy (non-hydrogen) atoms. The summed E-state index contributed by atoms with van der Waals surface area (Å²) < 4.78 is 4.99. The number of hydrogen-bond donors (Lipinski definition) is 0. The molecule has 0 aliphatic heterocycles. The fourth-order valence-electron chi connectivity index (χ4n) is 6.41. The van der Waals surface area contributed by atoms with Gasteiger partial charge in [-0.25, -0.2) is 0 Å². The van der Waals surface area contributed by atoms with Gasteiger partial charge >= 0.3 is 154 Å². The van der Waals surface area contributed by atoms with Crippen molar-refractivity contribution in [2.24, 2.45) is 11.8 Å². The summed E-state index contributed by atoms with van der Waals surface area (Å²) in [7, 11) is 0. The van der Waals surface area contributed by atoms with Crippen molar-refractivity contribution in [3.8, 4) is 0 Å². The first kappa shape index (κ1) is 17.5. The molecular formula is C22H34SiZr. The zero-order chi connectivity index (χ0) is 16.9. The number of rotatable bonds is 3. The topological polar surface area (TPSA) is 0 Å². The molecule has 0 N–H and O–H groups in total. The van der Waals surface area contributed by atoms with Gasteiger partial charge in [0.05, 0.1) is 0 Å². The van der Waals surface area contributed by atoms with Crippen LogP contribution in [0.1, 0.15) is 38.5 Å². The van der Waals surface area contributed by atoms with Crippen molar-refractivity contribution in [1.29, 1.82) is 0 Å². The Bertz CT molecular complexity index is 585. The molecular weight excluding hydrogens is 384 g/mol. The van der Waals surface area contributed by atoms with Gasteiger partial charge in [0.25, 0.3) is 0 Å². The van der Waals surface area contributed by atoms with Gasteiger partial charge in [0.1, 0.15) is 0 Å². The molecule has 0 aromatic rings. The summed E-state index contributed by atoms with van der Waals surface area (Å²) in [6.45, 7) is 8.21. The van der Waals surface area contributed by atoms with E-state index in [0.29, 0.717) is 0 Å². The molecule has 130 valence electrons. The Balaban J connectivity index is 1.77. The Kier molecular flexibility index (Phi) is 4.62. The van der Waals surface area contributed by atoms with Crippen LogP contribution in [0.15, 0.2) is 47.6 Å². The van der Waals surface area contributed by atoms with Gasteiger partial charge < -0.3 is 0 Å². The fraction of sp³-hybridized carbons (Fsp3) is 0.636. The molecule has 0 saturated heterocycles. The van der Waals surface area contributed by atoms with Crippen LogP contribution in [0.5, 0.6) is 0 Å². The van der Waals surface area contributed by atoms with Crippen LogP contribution in [-0.4, -0.2) is 5.20 Å². The molecule has 0 heterocycles. The van der Waals surface area contributed by atoms with Gasteiger partial charge in [0, 0.05) is 0 Å². The summed E-state index contributed by atoms with van der Waals surface area (Å²) in [6.07, 6.45) is 23.4. The number of hydrogen-bond acceptors (Lipinski definition) is 0. The zero-order valence-electron chi connectivity index (χ0n) is 16.0. The standard InChI is InChI=1S/2C9H11.C3H9Si.CH3.Zr/c2*1-2-5-9-7-3-6-8(9)4-1;1-4(2)3;;/h2*1-2,4,6,9H,3,5,7H2;1-3H3;1H3;. The van der Waals surface area contributed by atoms with Crippen LogP contribution >= 0.6 is 0 Å². The second-order valence-corrected chi connectivity index (χ2v) is 41.5. The van der Waals surface area contributed by atoms with E-state index in [4.69, 9.17) is 0 Å². The quantitative estimate of drug-likeness (QED) is 0.426. The van der Waals surface area contributed by atoms with Crippen LogP contribution in [0.4, 0.5) is 0 Å². The predicted octanol–water partition coefficient (Wildman–Crippen LogP) is 7.19. The minimum absolute atomic E-state index is 0.907. The average Bonchev–Trinajstić information content (AvgIpc) is 3.18. The van der Waals surface area contributed by atoms with E-state index in [-0.39, 0.29) is 0 Å². The van der Waals surface area contributed by atoms with Crippen molar-refractivity contribution in [2.45, 2.75) is 70.0 Å². The SMILES string of the molecule is C[Si](C)(C)[Zr]([CH3])([CH]1CCC2CC=CC=C21)[CH]1CCC2CC=CC=C21. The van der Waals surface area contributed by atoms with Crippen LogP contribution in [0.2, 0.25) is 31.5 Å². The molecule has 0 amide bonds. The Morgan fingerprint density at radius 2 is 1.25 bits per heavy atom. The van der Waals surface area contributed by atoms with Crippen LogP contribution in [0.3, 0.4) is 0 Å². The van der Waals surface area contributed by atoms with E-state index < -0.39 is 24.6 Å². The second kappa shape index (κ2) is 6.34. The van der Waals surface area contributed by atoms with E-state index in [1.54, 1.807) is 0 Å². The van der Waals surface area contributed by atoms with Crippen LogP contribution < -0.4 is 0 Å². The molecule has 4 atom stereocenters. The summed E-state index contributed by atoms with van der Waals surface area (Å²) in [5.74, 6) is 1.81. The van der Waals surface area contributed by atoms with E-state index in [2.05, 4.69) is 60.7 Å². The summed E-state index contributed by atoms with van der Waals surface area (Å²) in [6, 6.07) is 0. The molecule has 4 rings (SSSR count). The van der Waals surface area contributed by atoms with Crippen molar-refractivity contribution in [2.75, 3.05) is 0 Å². The Morgan fingerprint density at radius 1 is 0.792 bits per heavy atom. The maximum absolute atomic E-state index is 2.92. The summed E-state index contributed by atoms with van der Waals surface area (Å²) in [5, 5.41) is -1.11. The van der Waals surface area contributed by atoms with Crippen molar-refractivity contribution in [3.05, 3.63) is 47.6 Å². The van der Waals surface area contributed by atoms with E-state index >= 15 is 0 Å². The fourth-order valence-corrected chi connectivity index (χ4v) is 37.6. The zero-order valence-corrected chi connectivity index (χ0v) is 19.5. The molecule has 0 bridgehead atoms. The van der Waals surface area contributed by atoms with Crippen molar-refractivity contribution in [3.63, 3.8) is 0 Å². The first-order chi connectivity index (χ1) is 11.4.